The highest BCUT2D eigenvalue weighted by Crippen LogP contribution is 2.31. The highest BCUT2D eigenvalue weighted by Gasteiger charge is 2.33. The molecule has 2 aliphatic rings. The van der Waals surface area contributed by atoms with Crippen LogP contribution in [-0.2, 0) is 11.3 Å². The van der Waals surface area contributed by atoms with Gasteiger partial charge in [0.1, 0.15) is 0 Å². The fraction of sp³-hybridized carbons (Fsp3) is 0.692. The van der Waals surface area contributed by atoms with Crippen LogP contribution in [0.2, 0.25) is 0 Å². The van der Waals surface area contributed by atoms with Gasteiger partial charge in [-0.25, -0.2) is 0 Å². The molecule has 1 aliphatic heterocycles. The summed E-state index contributed by atoms with van der Waals surface area (Å²) in [6.07, 6.45) is 6.33. The van der Waals surface area contributed by atoms with Crippen molar-refractivity contribution in [2.45, 2.75) is 44.3 Å². The van der Waals surface area contributed by atoms with E-state index >= 15 is 0 Å². The van der Waals surface area contributed by atoms with Gasteiger partial charge in [-0.05, 0) is 18.9 Å². The van der Waals surface area contributed by atoms with Gasteiger partial charge in [-0.3, -0.25) is 14.4 Å². The first-order valence-electron chi connectivity index (χ1n) is 6.75. The molecule has 1 amide bonds. The highest BCUT2D eigenvalue weighted by molar-refractivity contribution is 5.76. The second-order valence-electron chi connectivity index (χ2n) is 5.31. The summed E-state index contributed by atoms with van der Waals surface area (Å²) in [5.41, 5.74) is 1.24. The van der Waals surface area contributed by atoms with E-state index in [-0.39, 0.29) is 11.9 Å². The van der Waals surface area contributed by atoms with E-state index in [0.717, 1.165) is 19.1 Å². The van der Waals surface area contributed by atoms with Crippen molar-refractivity contribution in [3.05, 3.63) is 18.0 Å². The van der Waals surface area contributed by atoms with Crippen molar-refractivity contribution in [3.8, 4) is 0 Å². The van der Waals surface area contributed by atoms with Crippen LogP contribution in [0.25, 0.3) is 0 Å². The minimum Gasteiger partial charge on any atom is -0.359 e. The zero-order chi connectivity index (χ0) is 12.5. The van der Waals surface area contributed by atoms with Crippen molar-refractivity contribution in [3.63, 3.8) is 0 Å². The number of hydrogen-bond donors (Lipinski definition) is 1. The van der Waals surface area contributed by atoms with Gasteiger partial charge < -0.3 is 5.32 Å². The van der Waals surface area contributed by atoms with Gasteiger partial charge in [0.25, 0.3) is 0 Å². The summed E-state index contributed by atoms with van der Waals surface area (Å²) >= 11 is 0. The maximum Gasteiger partial charge on any atom is 0.221 e. The van der Waals surface area contributed by atoms with Crippen LogP contribution in [0.15, 0.2) is 12.3 Å². The molecule has 1 aromatic rings. The molecule has 0 bridgehead atoms. The van der Waals surface area contributed by atoms with Crippen molar-refractivity contribution in [1.29, 1.82) is 0 Å². The average molecular weight is 248 g/mol. The fourth-order valence-electron chi connectivity index (χ4n) is 2.91. The Morgan fingerprint density at radius 3 is 3.06 bits per heavy atom. The molecule has 1 atom stereocenters. The van der Waals surface area contributed by atoms with Crippen LogP contribution >= 0.6 is 0 Å². The molecule has 0 spiro atoms. The van der Waals surface area contributed by atoms with E-state index in [1.807, 2.05) is 10.9 Å². The minimum atomic E-state index is 0.0944. The van der Waals surface area contributed by atoms with Gasteiger partial charge in [0.2, 0.25) is 5.91 Å². The first kappa shape index (κ1) is 11.7. The number of fused-ring (bicyclic) bond motifs is 1. The quantitative estimate of drug-likeness (QED) is 0.865. The van der Waals surface area contributed by atoms with E-state index in [1.165, 1.54) is 25.0 Å². The summed E-state index contributed by atoms with van der Waals surface area (Å²) in [4.78, 5) is 14.1. The summed E-state index contributed by atoms with van der Waals surface area (Å²) in [5, 5.41) is 7.08. The van der Waals surface area contributed by atoms with Crippen LogP contribution < -0.4 is 5.32 Å². The molecule has 3 rings (SSSR count). The second kappa shape index (κ2) is 4.72. The van der Waals surface area contributed by atoms with Crippen LogP contribution in [0.1, 0.15) is 37.4 Å². The lowest BCUT2D eigenvalue weighted by Gasteiger charge is -2.42. The molecule has 0 aromatic carbocycles. The van der Waals surface area contributed by atoms with Crippen molar-refractivity contribution >= 4 is 5.91 Å². The molecule has 0 saturated heterocycles. The molecule has 2 heterocycles. The molecule has 1 fully saturated rings. The van der Waals surface area contributed by atoms with Crippen LogP contribution in [0.4, 0.5) is 0 Å². The fourth-order valence-corrected chi connectivity index (χ4v) is 2.91. The largest absolute Gasteiger partial charge is 0.359 e. The van der Waals surface area contributed by atoms with Gasteiger partial charge in [-0.1, -0.05) is 6.42 Å². The number of nitrogens with one attached hydrogen (secondary N) is 1. The summed E-state index contributed by atoms with van der Waals surface area (Å²) in [7, 11) is 1.69. The molecule has 98 valence electrons. The molecular weight excluding hydrogens is 228 g/mol. The van der Waals surface area contributed by atoms with Gasteiger partial charge in [-0.15, -0.1) is 0 Å². The van der Waals surface area contributed by atoms with E-state index in [1.54, 1.807) is 7.05 Å². The molecule has 1 saturated carbocycles. The Labute approximate surface area is 107 Å². The number of nitrogens with zero attached hydrogens (tertiary/aromatic N) is 3. The van der Waals surface area contributed by atoms with E-state index in [2.05, 4.69) is 21.4 Å². The Balaban J connectivity index is 1.77. The number of hydrogen-bond acceptors (Lipinski definition) is 3. The molecule has 1 aromatic heterocycles. The first-order chi connectivity index (χ1) is 8.78. The molecule has 1 aliphatic carbocycles. The Morgan fingerprint density at radius 1 is 1.56 bits per heavy atom. The van der Waals surface area contributed by atoms with Crippen LogP contribution in [0.3, 0.4) is 0 Å². The van der Waals surface area contributed by atoms with Crippen molar-refractivity contribution in [1.82, 2.24) is 20.0 Å². The maximum atomic E-state index is 11.6. The van der Waals surface area contributed by atoms with Crippen molar-refractivity contribution in [2.24, 2.45) is 0 Å². The lowest BCUT2D eigenvalue weighted by molar-refractivity contribution is -0.121. The van der Waals surface area contributed by atoms with Crippen LogP contribution in [-0.4, -0.2) is 40.2 Å². The van der Waals surface area contributed by atoms with Crippen molar-refractivity contribution < 1.29 is 4.79 Å². The lowest BCUT2D eigenvalue weighted by atomic mass is 9.90. The molecule has 5 heteroatoms. The monoisotopic (exact) mass is 248 g/mol. The summed E-state index contributed by atoms with van der Waals surface area (Å²) < 4.78 is 2.03. The minimum absolute atomic E-state index is 0.0944. The first-order valence-corrected chi connectivity index (χ1v) is 6.75. The van der Waals surface area contributed by atoms with Crippen LogP contribution in [0.5, 0.6) is 0 Å². The SMILES string of the molecule is CNC(=O)CC1CN(C2CCC2)Cc2ccnn21. The summed E-state index contributed by atoms with van der Waals surface area (Å²) in [5.74, 6) is 0.0944. The van der Waals surface area contributed by atoms with E-state index in [0.29, 0.717) is 6.42 Å². The summed E-state index contributed by atoms with van der Waals surface area (Å²) in [6, 6.07) is 2.98. The topological polar surface area (TPSA) is 50.2 Å². The molecule has 0 radical (unpaired) electrons. The Hall–Kier alpha value is -1.36. The standard InChI is InChI=1S/C13H20N4O/c1-14-13(18)7-12-9-16(10-3-2-4-10)8-11-5-6-15-17(11)12/h5-6,10,12H,2-4,7-9H2,1H3,(H,14,18). The number of amides is 1. The zero-order valence-corrected chi connectivity index (χ0v) is 10.8. The molecular formula is C13H20N4O. The van der Waals surface area contributed by atoms with Gasteiger partial charge in [0.15, 0.2) is 0 Å². The molecule has 5 nitrogen and oxygen atoms in total. The Kier molecular flexibility index (Phi) is 3.07. The Bertz CT molecular complexity index is 438. The highest BCUT2D eigenvalue weighted by atomic mass is 16.1. The van der Waals surface area contributed by atoms with Crippen LogP contribution in [0, 0.1) is 0 Å². The third-order valence-electron chi connectivity index (χ3n) is 4.20. The second-order valence-corrected chi connectivity index (χ2v) is 5.31. The van der Waals surface area contributed by atoms with Crippen molar-refractivity contribution in [2.75, 3.05) is 13.6 Å². The molecule has 18 heavy (non-hydrogen) atoms. The summed E-state index contributed by atoms with van der Waals surface area (Å²) in [6.45, 7) is 1.93. The number of carbonyl (C=O) groups excluding carboxylic acids is 1. The normalized spacial score (nSPS) is 24.4. The van der Waals surface area contributed by atoms with E-state index < -0.39 is 0 Å². The number of rotatable bonds is 3. The van der Waals surface area contributed by atoms with Gasteiger partial charge in [0.05, 0.1) is 18.2 Å². The smallest absolute Gasteiger partial charge is 0.221 e. The predicted octanol–water partition coefficient (Wildman–Crippen LogP) is 0.928. The van der Waals surface area contributed by atoms with Gasteiger partial charge in [0, 0.05) is 32.4 Å². The predicted molar refractivity (Wildman–Crippen MR) is 68.0 cm³/mol. The molecule has 1 unspecified atom stereocenters. The third-order valence-corrected chi connectivity index (χ3v) is 4.20. The average Bonchev–Trinajstić information content (AvgIpc) is 2.75. The maximum absolute atomic E-state index is 11.6. The Morgan fingerprint density at radius 2 is 2.39 bits per heavy atom. The van der Waals surface area contributed by atoms with Gasteiger partial charge >= 0.3 is 0 Å². The van der Waals surface area contributed by atoms with Gasteiger partial charge in [-0.2, -0.15) is 5.10 Å². The number of aromatic nitrogens is 2. The van der Waals surface area contributed by atoms with E-state index in [4.69, 9.17) is 0 Å². The van der Waals surface area contributed by atoms with E-state index in [9.17, 15) is 4.79 Å². The third kappa shape index (κ3) is 2.03. The molecule has 1 N–H and O–H groups in total. The lowest BCUT2D eigenvalue weighted by Crippen LogP contribution is -2.47. The zero-order valence-electron chi connectivity index (χ0n) is 10.8. The number of carbonyl (C=O) groups is 1.